The summed E-state index contributed by atoms with van der Waals surface area (Å²) in [5.41, 5.74) is 1.95. The first kappa shape index (κ1) is 20.1. The summed E-state index contributed by atoms with van der Waals surface area (Å²) in [6.07, 6.45) is 3.32. The number of ketones is 1. The lowest BCUT2D eigenvalue weighted by molar-refractivity contribution is -0.137. The van der Waals surface area contributed by atoms with Crippen LogP contribution in [0.25, 0.3) is 6.08 Å². The number of Topliss-reactive ketones (excluding diaryl/α,β-unsaturated/α-hetero) is 1. The van der Waals surface area contributed by atoms with Crippen molar-refractivity contribution in [3.05, 3.63) is 89.5 Å². The van der Waals surface area contributed by atoms with Gasteiger partial charge < -0.3 is 14.4 Å². The van der Waals surface area contributed by atoms with E-state index < -0.39 is 17.6 Å². The fourth-order valence-corrected chi connectivity index (χ4v) is 3.06. The number of nitrogens with zero attached hydrogens (tertiary/aromatic N) is 1. The van der Waals surface area contributed by atoms with Gasteiger partial charge in [0.05, 0.1) is 12.8 Å². The van der Waals surface area contributed by atoms with Crippen molar-refractivity contribution in [1.29, 1.82) is 0 Å². The molecule has 1 aliphatic heterocycles. The number of hydrogen-bond acceptors (Lipinski definition) is 5. The first-order valence-corrected chi connectivity index (χ1v) is 8.91. The molecule has 0 unspecified atom stereocenters. The summed E-state index contributed by atoms with van der Waals surface area (Å²) in [4.78, 5) is 26.8. The first-order valence-electron chi connectivity index (χ1n) is 8.91. The molecular formula is C23H20FNO4. The largest absolute Gasteiger partial charge is 0.490 e. The van der Waals surface area contributed by atoms with Crippen molar-refractivity contribution in [2.75, 3.05) is 18.6 Å². The van der Waals surface area contributed by atoms with Crippen LogP contribution >= 0.6 is 0 Å². The number of carbonyl (C=O) groups is 2. The molecule has 2 aromatic carbocycles. The van der Waals surface area contributed by atoms with Crippen molar-refractivity contribution in [3.8, 4) is 5.75 Å². The van der Waals surface area contributed by atoms with Gasteiger partial charge >= 0.3 is 5.97 Å². The minimum atomic E-state index is -0.712. The third-order valence-corrected chi connectivity index (χ3v) is 4.42. The maximum absolute atomic E-state index is 13.4. The van der Waals surface area contributed by atoms with Crippen LogP contribution in [-0.4, -0.2) is 25.5 Å². The molecule has 0 aliphatic carbocycles. The summed E-state index contributed by atoms with van der Waals surface area (Å²) in [7, 11) is 1.22. The van der Waals surface area contributed by atoms with E-state index in [-0.39, 0.29) is 11.3 Å². The molecule has 2 aromatic rings. The lowest BCUT2D eigenvalue weighted by Gasteiger charge is -2.21. The highest BCUT2D eigenvalue weighted by molar-refractivity contribution is 6.30. The maximum Gasteiger partial charge on any atom is 0.343 e. The number of halogens is 1. The van der Waals surface area contributed by atoms with Crippen LogP contribution in [0.1, 0.15) is 12.5 Å². The van der Waals surface area contributed by atoms with E-state index >= 15 is 0 Å². The van der Waals surface area contributed by atoms with E-state index in [1.165, 1.54) is 19.2 Å². The molecule has 0 fully saturated rings. The van der Waals surface area contributed by atoms with Crippen molar-refractivity contribution in [2.24, 2.45) is 0 Å². The van der Waals surface area contributed by atoms with E-state index in [0.29, 0.717) is 23.7 Å². The number of esters is 1. The van der Waals surface area contributed by atoms with Crippen LogP contribution < -0.4 is 9.64 Å². The molecule has 5 nitrogen and oxygen atoms in total. The van der Waals surface area contributed by atoms with Crippen LogP contribution in [0.4, 0.5) is 10.1 Å². The Kier molecular flexibility index (Phi) is 5.93. The van der Waals surface area contributed by atoms with Gasteiger partial charge in [-0.25, -0.2) is 9.18 Å². The summed E-state index contributed by atoms with van der Waals surface area (Å²) < 4.78 is 23.6. The molecule has 3 rings (SSSR count). The minimum absolute atomic E-state index is 0.0472. The van der Waals surface area contributed by atoms with E-state index in [2.05, 4.69) is 6.58 Å². The van der Waals surface area contributed by atoms with E-state index in [1.807, 2.05) is 0 Å². The van der Waals surface area contributed by atoms with Crippen molar-refractivity contribution < 1.29 is 23.5 Å². The number of rotatable bonds is 6. The molecule has 0 amide bonds. The Morgan fingerprint density at radius 1 is 1.14 bits per heavy atom. The Balaban J connectivity index is 2.03. The Bertz CT molecular complexity index is 1000. The van der Waals surface area contributed by atoms with Crippen molar-refractivity contribution in [3.63, 3.8) is 0 Å². The predicted molar refractivity (Wildman–Crippen MR) is 109 cm³/mol. The van der Waals surface area contributed by atoms with Gasteiger partial charge in [-0.05, 0) is 55.0 Å². The van der Waals surface area contributed by atoms with E-state index in [1.54, 1.807) is 60.4 Å². The molecule has 0 saturated carbocycles. The average molecular weight is 393 g/mol. The number of ether oxygens (including phenoxy) is 2. The second-order valence-electron chi connectivity index (χ2n) is 6.29. The number of methoxy groups -OCH3 is 1. The first-order chi connectivity index (χ1) is 14.0. The van der Waals surface area contributed by atoms with Gasteiger partial charge in [0.2, 0.25) is 5.78 Å². The molecule has 0 spiro atoms. The van der Waals surface area contributed by atoms with Gasteiger partial charge in [-0.3, -0.25) is 4.79 Å². The van der Waals surface area contributed by atoms with Gasteiger partial charge in [-0.1, -0.05) is 24.8 Å². The maximum atomic E-state index is 13.4. The van der Waals surface area contributed by atoms with Gasteiger partial charge in [-0.15, -0.1) is 0 Å². The van der Waals surface area contributed by atoms with E-state index in [9.17, 15) is 14.0 Å². The van der Waals surface area contributed by atoms with Gasteiger partial charge in [0.15, 0.2) is 0 Å². The lowest BCUT2D eigenvalue weighted by atomic mass is 10.1. The summed E-state index contributed by atoms with van der Waals surface area (Å²) >= 11 is 0. The smallest absolute Gasteiger partial charge is 0.343 e. The average Bonchev–Trinajstić information content (AvgIpc) is 2.97. The zero-order valence-electron chi connectivity index (χ0n) is 16.1. The number of allylic oxidation sites excluding steroid dienone is 2. The standard InChI is InChI=1S/C23H20FNO4/c1-4-13-29-19-11-5-16(6-12-19)14-20-22(26)21(23(27)28-3)15(2)25(20)18-9-7-17(24)8-10-18/h4-12,14H,1,13H2,2-3H3/b20-14+. The quantitative estimate of drug-likeness (QED) is 0.318. The number of benzene rings is 2. The fraction of sp³-hybridized carbons (Fsp3) is 0.130. The number of carbonyl (C=O) groups excluding carboxylic acids is 2. The second kappa shape index (κ2) is 8.56. The Morgan fingerprint density at radius 3 is 2.38 bits per heavy atom. The van der Waals surface area contributed by atoms with Crippen LogP contribution in [0.2, 0.25) is 0 Å². The normalized spacial score (nSPS) is 15.1. The van der Waals surface area contributed by atoms with Crippen LogP contribution in [0.3, 0.4) is 0 Å². The molecule has 0 atom stereocenters. The molecule has 0 N–H and O–H groups in total. The van der Waals surface area contributed by atoms with Crippen LogP contribution in [0, 0.1) is 5.82 Å². The highest BCUT2D eigenvalue weighted by atomic mass is 19.1. The second-order valence-corrected chi connectivity index (χ2v) is 6.29. The summed E-state index contributed by atoms with van der Waals surface area (Å²) in [5, 5.41) is 0. The SMILES string of the molecule is C=CCOc1ccc(/C=C2\C(=O)C(C(=O)OC)=C(C)N2c2ccc(F)cc2)cc1. The molecule has 148 valence electrons. The Morgan fingerprint density at radius 2 is 1.79 bits per heavy atom. The monoisotopic (exact) mass is 393 g/mol. The molecule has 6 heteroatoms. The molecule has 1 heterocycles. The third kappa shape index (κ3) is 4.11. The highest BCUT2D eigenvalue weighted by Gasteiger charge is 2.38. The summed E-state index contributed by atoms with van der Waals surface area (Å²) in [6.45, 7) is 5.65. The Labute approximate surface area is 168 Å². The summed E-state index contributed by atoms with van der Waals surface area (Å²) in [6, 6.07) is 12.8. The fourth-order valence-electron chi connectivity index (χ4n) is 3.06. The number of anilines is 1. The van der Waals surface area contributed by atoms with Crippen molar-refractivity contribution in [2.45, 2.75) is 6.92 Å². The molecule has 1 aliphatic rings. The van der Waals surface area contributed by atoms with Crippen molar-refractivity contribution in [1.82, 2.24) is 0 Å². The van der Waals surface area contributed by atoms with Crippen LogP contribution in [0.5, 0.6) is 5.75 Å². The van der Waals surface area contributed by atoms with Gasteiger partial charge in [-0.2, -0.15) is 0 Å². The number of hydrogen-bond donors (Lipinski definition) is 0. The molecule has 0 saturated heterocycles. The minimum Gasteiger partial charge on any atom is -0.490 e. The van der Waals surface area contributed by atoms with E-state index in [0.717, 1.165) is 5.56 Å². The molecule has 0 aromatic heterocycles. The van der Waals surface area contributed by atoms with Gasteiger partial charge in [0, 0.05) is 11.4 Å². The lowest BCUT2D eigenvalue weighted by Crippen LogP contribution is -2.18. The predicted octanol–water partition coefficient (Wildman–Crippen LogP) is 4.27. The highest BCUT2D eigenvalue weighted by Crippen LogP contribution is 2.35. The molecular weight excluding hydrogens is 373 g/mol. The molecule has 0 radical (unpaired) electrons. The molecule has 0 bridgehead atoms. The topological polar surface area (TPSA) is 55.8 Å². The Hall–Kier alpha value is -3.67. The van der Waals surface area contributed by atoms with Crippen LogP contribution in [0.15, 0.2) is 78.2 Å². The van der Waals surface area contributed by atoms with Crippen molar-refractivity contribution >= 4 is 23.5 Å². The zero-order chi connectivity index (χ0) is 21.0. The zero-order valence-corrected chi connectivity index (χ0v) is 16.1. The molecule has 29 heavy (non-hydrogen) atoms. The van der Waals surface area contributed by atoms with Gasteiger partial charge in [0.1, 0.15) is 23.7 Å². The summed E-state index contributed by atoms with van der Waals surface area (Å²) in [5.74, 6) is -0.888. The van der Waals surface area contributed by atoms with E-state index in [4.69, 9.17) is 9.47 Å². The van der Waals surface area contributed by atoms with Crippen LogP contribution in [-0.2, 0) is 14.3 Å². The third-order valence-electron chi connectivity index (χ3n) is 4.42. The van der Waals surface area contributed by atoms with Gasteiger partial charge in [0.25, 0.3) is 0 Å².